The van der Waals surface area contributed by atoms with E-state index < -0.39 is 0 Å². The summed E-state index contributed by atoms with van der Waals surface area (Å²) in [5.41, 5.74) is 0.615. The second-order valence-electron chi connectivity index (χ2n) is 7.32. The quantitative estimate of drug-likeness (QED) is 0.575. The van der Waals surface area contributed by atoms with Crippen LogP contribution in [0.1, 0.15) is 26.3 Å². The summed E-state index contributed by atoms with van der Waals surface area (Å²) in [6, 6.07) is 7.27. The number of piperazine rings is 1. The fourth-order valence-electron chi connectivity index (χ4n) is 3.27. The van der Waals surface area contributed by atoms with Gasteiger partial charge < -0.3 is 15.5 Å². The first-order valence-corrected chi connectivity index (χ1v) is 9.69. The summed E-state index contributed by atoms with van der Waals surface area (Å²) in [6.07, 6.45) is 0. The van der Waals surface area contributed by atoms with Gasteiger partial charge in [-0.15, -0.1) is 0 Å². The van der Waals surface area contributed by atoms with Crippen molar-refractivity contribution < 1.29 is 4.39 Å². The molecule has 0 amide bonds. The van der Waals surface area contributed by atoms with Crippen LogP contribution >= 0.6 is 0 Å². The summed E-state index contributed by atoms with van der Waals surface area (Å²) in [6.45, 7) is 13.0. The molecule has 1 atom stereocenters. The predicted molar refractivity (Wildman–Crippen MR) is 107 cm³/mol. The third kappa shape index (κ3) is 6.25. The Bertz CT molecular complexity index is 567. The van der Waals surface area contributed by atoms with E-state index in [2.05, 4.69) is 46.3 Å². The molecule has 5 nitrogen and oxygen atoms in total. The Morgan fingerprint density at radius 1 is 1.15 bits per heavy atom. The van der Waals surface area contributed by atoms with Crippen molar-refractivity contribution in [2.45, 2.75) is 33.4 Å². The van der Waals surface area contributed by atoms with Crippen LogP contribution in [0.15, 0.2) is 29.3 Å². The number of likely N-dealkylation sites (N-methyl/N-ethyl adjacent to an activating group) is 1. The summed E-state index contributed by atoms with van der Waals surface area (Å²) in [4.78, 5) is 9.50. The van der Waals surface area contributed by atoms with Crippen molar-refractivity contribution in [1.82, 2.24) is 20.4 Å². The van der Waals surface area contributed by atoms with E-state index in [1.807, 2.05) is 13.0 Å². The van der Waals surface area contributed by atoms with Gasteiger partial charge in [0.1, 0.15) is 5.82 Å². The molecule has 146 valence electrons. The normalized spacial score (nSPS) is 18.2. The molecule has 0 saturated carbocycles. The minimum absolute atomic E-state index is 0.204. The molecule has 26 heavy (non-hydrogen) atoms. The zero-order valence-corrected chi connectivity index (χ0v) is 16.6. The SMILES string of the molecule is CCNC(=NCc1ccccc1F)NCC(C(C)C)N1CCN(C)CC1. The molecule has 1 aliphatic rings. The van der Waals surface area contributed by atoms with Crippen LogP contribution in [-0.4, -0.2) is 68.1 Å². The molecular weight excluding hydrogens is 329 g/mol. The van der Waals surface area contributed by atoms with Gasteiger partial charge in [0.05, 0.1) is 6.54 Å². The van der Waals surface area contributed by atoms with E-state index >= 15 is 0 Å². The van der Waals surface area contributed by atoms with Crippen molar-refractivity contribution in [1.29, 1.82) is 0 Å². The van der Waals surface area contributed by atoms with E-state index in [0.717, 1.165) is 45.2 Å². The summed E-state index contributed by atoms with van der Waals surface area (Å²) in [7, 11) is 2.18. The summed E-state index contributed by atoms with van der Waals surface area (Å²) >= 11 is 0. The number of guanidine groups is 1. The van der Waals surface area contributed by atoms with Crippen molar-refractivity contribution in [3.63, 3.8) is 0 Å². The van der Waals surface area contributed by atoms with Crippen molar-refractivity contribution in [2.75, 3.05) is 46.3 Å². The third-order valence-electron chi connectivity index (χ3n) is 4.96. The van der Waals surface area contributed by atoms with Gasteiger partial charge >= 0.3 is 0 Å². The average Bonchev–Trinajstić information content (AvgIpc) is 2.62. The number of aliphatic imine (C=N–C) groups is 1. The average molecular weight is 364 g/mol. The van der Waals surface area contributed by atoms with Crippen LogP contribution < -0.4 is 10.6 Å². The van der Waals surface area contributed by atoms with Gasteiger partial charge in [0.25, 0.3) is 0 Å². The first-order valence-electron chi connectivity index (χ1n) is 9.69. The highest BCUT2D eigenvalue weighted by Gasteiger charge is 2.25. The lowest BCUT2D eigenvalue weighted by atomic mass is 10.0. The number of nitrogens with zero attached hydrogens (tertiary/aromatic N) is 3. The van der Waals surface area contributed by atoms with E-state index in [1.165, 1.54) is 6.07 Å². The van der Waals surface area contributed by atoms with Crippen molar-refractivity contribution in [3.05, 3.63) is 35.6 Å². The maximum atomic E-state index is 13.8. The standard InChI is InChI=1S/C20H34FN5/c1-5-22-20(23-14-17-8-6-7-9-18(17)21)24-15-19(16(2)3)26-12-10-25(4)11-13-26/h6-9,16,19H,5,10-15H2,1-4H3,(H2,22,23,24). The van der Waals surface area contributed by atoms with Crippen LogP contribution in [-0.2, 0) is 6.54 Å². The molecule has 0 radical (unpaired) electrons. The van der Waals surface area contributed by atoms with E-state index in [0.29, 0.717) is 24.1 Å². The fourth-order valence-corrected chi connectivity index (χ4v) is 3.27. The van der Waals surface area contributed by atoms with Gasteiger partial charge in [0.2, 0.25) is 0 Å². The highest BCUT2D eigenvalue weighted by molar-refractivity contribution is 5.79. The molecular formula is C20H34FN5. The first-order chi connectivity index (χ1) is 12.5. The molecule has 1 fully saturated rings. The van der Waals surface area contributed by atoms with E-state index in [9.17, 15) is 4.39 Å². The van der Waals surface area contributed by atoms with E-state index in [-0.39, 0.29) is 5.82 Å². The highest BCUT2D eigenvalue weighted by Crippen LogP contribution is 2.13. The predicted octanol–water partition coefficient (Wildman–Crippen LogP) is 2.15. The van der Waals surface area contributed by atoms with Gasteiger partial charge in [-0.2, -0.15) is 0 Å². The lowest BCUT2D eigenvalue weighted by Crippen LogP contribution is -2.55. The Hall–Kier alpha value is -1.66. The number of hydrogen-bond donors (Lipinski definition) is 2. The highest BCUT2D eigenvalue weighted by atomic mass is 19.1. The van der Waals surface area contributed by atoms with Crippen LogP contribution in [0.4, 0.5) is 4.39 Å². The van der Waals surface area contributed by atoms with Gasteiger partial charge in [0, 0.05) is 50.9 Å². The van der Waals surface area contributed by atoms with Gasteiger partial charge in [-0.3, -0.25) is 4.90 Å². The molecule has 1 aromatic rings. The molecule has 0 spiro atoms. The second-order valence-corrected chi connectivity index (χ2v) is 7.32. The molecule has 2 N–H and O–H groups in total. The van der Waals surface area contributed by atoms with Crippen molar-refractivity contribution >= 4 is 5.96 Å². The maximum Gasteiger partial charge on any atom is 0.191 e. The van der Waals surface area contributed by atoms with Crippen LogP contribution in [0.3, 0.4) is 0 Å². The number of rotatable bonds is 7. The van der Waals surface area contributed by atoms with Gasteiger partial charge in [0.15, 0.2) is 5.96 Å². The lowest BCUT2D eigenvalue weighted by Gasteiger charge is -2.40. The third-order valence-corrected chi connectivity index (χ3v) is 4.96. The van der Waals surface area contributed by atoms with Crippen LogP contribution in [0.25, 0.3) is 0 Å². The van der Waals surface area contributed by atoms with Crippen LogP contribution in [0.2, 0.25) is 0 Å². The molecule has 1 aliphatic heterocycles. The Morgan fingerprint density at radius 3 is 2.46 bits per heavy atom. The molecule has 1 heterocycles. The number of benzene rings is 1. The number of hydrogen-bond acceptors (Lipinski definition) is 3. The molecule has 0 aromatic heterocycles. The Labute approximate surface area is 157 Å². The molecule has 1 unspecified atom stereocenters. The topological polar surface area (TPSA) is 42.9 Å². The second kappa shape index (κ2) is 10.5. The molecule has 2 rings (SSSR count). The van der Waals surface area contributed by atoms with Gasteiger partial charge in [-0.05, 0) is 26.0 Å². The molecule has 0 aliphatic carbocycles. The Balaban J connectivity index is 1.96. The van der Waals surface area contributed by atoms with Crippen LogP contribution in [0, 0.1) is 11.7 Å². The summed E-state index contributed by atoms with van der Waals surface area (Å²) in [5.74, 6) is 1.10. The molecule has 1 saturated heterocycles. The number of halogens is 1. The minimum atomic E-state index is -0.204. The molecule has 1 aromatic carbocycles. The van der Waals surface area contributed by atoms with E-state index in [1.54, 1.807) is 12.1 Å². The van der Waals surface area contributed by atoms with Gasteiger partial charge in [-0.1, -0.05) is 32.0 Å². The zero-order chi connectivity index (χ0) is 18.9. The zero-order valence-electron chi connectivity index (χ0n) is 16.6. The number of nitrogens with one attached hydrogen (secondary N) is 2. The first kappa shape index (κ1) is 20.6. The lowest BCUT2D eigenvalue weighted by molar-refractivity contribution is 0.0900. The smallest absolute Gasteiger partial charge is 0.191 e. The molecule has 6 heteroatoms. The monoisotopic (exact) mass is 363 g/mol. The Kier molecular flexibility index (Phi) is 8.32. The summed E-state index contributed by atoms with van der Waals surface area (Å²) in [5, 5.41) is 6.73. The van der Waals surface area contributed by atoms with E-state index in [4.69, 9.17) is 0 Å². The Morgan fingerprint density at radius 2 is 1.85 bits per heavy atom. The van der Waals surface area contributed by atoms with Gasteiger partial charge in [-0.25, -0.2) is 9.38 Å². The fraction of sp³-hybridized carbons (Fsp3) is 0.650. The maximum absolute atomic E-state index is 13.8. The molecule has 0 bridgehead atoms. The largest absolute Gasteiger partial charge is 0.357 e. The summed E-state index contributed by atoms with van der Waals surface area (Å²) < 4.78 is 13.8. The van der Waals surface area contributed by atoms with Crippen LogP contribution in [0.5, 0.6) is 0 Å². The van der Waals surface area contributed by atoms with Crippen molar-refractivity contribution in [2.24, 2.45) is 10.9 Å². The van der Waals surface area contributed by atoms with Crippen molar-refractivity contribution in [3.8, 4) is 0 Å². The minimum Gasteiger partial charge on any atom is -0.357 e.